The average Bonchev–Trinajstić information content (AvgIpc) is 2.81. The van der Waals surface area contributed by atoms with Gasteiger partial charge in [0.2, 0.25) is 21.8 Å². The van der Waals surface area contributed by atoms with Crippen molar-refractivity contribution in [1.82, 2.24) is 10.2 Å². The maximum atomic E-state index is 13.4. The molecule has 2 amide bonds. The van der Waals surface area contributed by atoms with Crippen LogP contribution in [-0.2, 0) is 26.2 Å². The summed E-state index contributed by atoms with van der Waals surface area (Å²) in [5, 5.41) is 14.5. The Labute approximate surface area is 210 Å². The Morgan fingerprint density at radius 2 is 1.83 bits per heavy atom. The van der Waals surface area contributed by atoms with E-state index in [0.717, 1.165) is 29.5 Å². The predicted octanol–water partition coefficient (Wildman–Crippen LogP) is 3.35. The summed E-state index contributed by atoms with van der Waals surface area (Å²) in [7, 11) is -3.99. The van der Waals surface area contributed by atoms with E-state index < -0.39 is 33.4 Å². The molecule has 0 saturated heterocycles. The second-order valence-electron chi connectivity index (χ2n) is 8.02. The molecule has 190 valence electrons. The predicted molar refractivity (Wildman–Crippen MR) is 135 cm³/mol. The number of nitro benzene ring substituents is 1. The molecule has 1 N–H and O–H groups in total. The van der Waals surface area contributed by atoms with Gasteiger partial charge in [-0.25, -0.2) is 8.42 Å². The molecule has 0 aromatic heterocycles. The summed E-state index contributed by atoms with van der Waals surface area (Å²) < 4.78 is 25.9. The van der Waals surface area contributed by atoms with Gasteiger partial charge in [0.25, 0.3) is 5.69 Å². The van der Waals surface area contributed by atoms with Crippen molar-refractivity contribution in [3.8, 4) is 0 Å². The number of nitro groups is 1. The number of halogens is 1. The monoisotopic (exact) mass is 524 g/mol. The Hall–Kier alpha value is -3.18. The normalized spacial score (nSPS) is 12.0. The first-order valence-electron chi connectivity index (χ1n) is 11.0. The van der Waals surface area contributed by atoms with Crippen LogP contribution in [0.15, 0.2) is 48.5 Å². The molecule has 35 heavy (non-hydrogen) atoms. The quantitative estimate of drug-likeness (QED) is 0.257. The maximum absolute atomic E-state index is 13.4. The number of anilines is 1. The van der Waals surface area contributed by atoms with Crippen molar-refractivity contribution in [3.63, 3.8) is 0 Å². The number of nitrogens with zero attached hydrogens (tertiary/aromatic N) is 3. The van der Waals surface area contributed by atoms with Gasteiger partial charge in [0.1, 0.15) is 12.6 Å². The second-order valence-corrected chi connectivity index (χ2v) is 10.4. The first kappa shape index (κ1) is 28.1. The van der Waals surface area contributed by atoms with E-state index in [1.54, 1.807) is 31.2 Å². The van der Waals surface area contributed by atoms with Crippen LogP contribution in [0.1, 0.15) is 32.3 Å². The van der Waals surface area contributed by atoms with Crippen molar-refractivity contribution in [1.29, 1.82) is 0 Å². The second kappa shape index (κ2) is 12.5. The summed E-state index contributed by atoms with van der Waals surface area (Å²) in [6, 6.07) is 10.8. The lowest BCUT2D eigenvalue weighted by molar-refractivity contribution is -0.384. The molecule has 2 aromatic rings. The van der Waals surface area contributed by atoms with Crippen LogP contribution in [0.4, 0.5) is 11.4 Å². The number of rotatable bonds is 12. The third-order valence-electron chi connectivity index (χ3n) is 5.27. The van der Waals surface area contributed by atoms with E-state index in [1.165, 1.54) is 23.1 Å². The van der Waals surface area contributed by atoms with Crippen molar-refractivity contribution in [2.45, 2.75) is 39.3 Å². The molecule has 0 heterocycles. The third kappa shape index (κ3) is 8.22. The fraction of sp³-hybridized carbons (Fsp3) is 0.391. The molecule has 0 radical (unpaired) electrons. The number of carbonyl (C=O) groups is 2. The first-order chi connectivity index (χ1) is 16.4. The summed E-state index contributed by atoms with van der Waals surface area (Å²) in [6.45, 7) is 3.39. The molecule has 2 rings (SSSR count). The topological polar surface area (TPSA) is 130 Å². The molecule has 12 heteroatoms. The lowest BCUT2D eigenvalue weighted by Gasteiger charge is -2.31. The number of non-ortho nitro benzene ring substituents is 1. The molecule has 0 saturated carbocycles. The van der Waals surface area contributed by atoms with Crippen LogP contribution in [0.25, 0.3) is 0 Å². The molecular formula is C23H29ClN4O6S. The molecule has 0 fully saturated rings. The Morgan fingerprint density at radius 3 is 2.40 bits per heavy atom. The molecule has 10 nitrogen and oxygen atoms in total. The third-order valence-corrected chi connectivity index (χ3v) is 6.66. The molecule has 2 aromatic carbocycles. The fourth-order valence-corrected chi connectivity index (χ4v) is 4.25. The SMILES string of the molecule is CCCCNC(=O)C(C)N(Cc1ccc(Cl)cc1)C(=O)CN(c1cccc([N+](=O)[O-])c1)S(C)(=O)=O. The number of hydrogen-bond donors (Lipinski definition) is 1. The summed E-state index contributed by atoms with van der Waals surface area (Å²) in [4.78, 5) is 38.0. The van der Waals surface area contributed by atoms with E-state index >= 15 is 0 Å². The van der Waals surface area contributed by atoms with Crippen molar-refractivity contribution in [2.75, 3.05) is 23.7 Å². The van der Waals surface area contributed by atoms with Crippen LogP contribution in [0.3, 0.4) is 0 Å². The highest BCUT2D eigenvalue weighted by Gasteiger charge is 2.30. The van der Waals surface area contributed by atoms with E-state index in [9.17, 15) is 28.1 Å². The molecule has 1 unspecified atom stereocenters. The van der Waals surface area contributed by atoms with Crippen LogP contribution in [0.5, 0.6) is 0 Å². The number of unbranched alkanes of at least 4 members (excludes halogenated alkanes) is 1. The lowest BCUT2D eigenvalue weighted by Crippen LogP contribution is -2.51. The highest BCUT2D eigenvalue weighted by molar-refractivity contribution is 7.92. The highest BCUT2D eigenvalue weighted by atomic mass is 35.5. The minimum atomic E-state index is -3.99. The van der Waals surface area contributed by atoms with Gasteiger partial charge in [-0.15, -0.1) is 0 Å². The number of carbonyl (C=O) groups excluding carboxylic acids is 2. The minimum absolute atomic E-state index is 0.0263. The standard InChI is InChI=1S/C23H29ClN4O6S/c1-4-5-13-25-23(30)17(2)26(15-18-9-11-19(24)12-10-18)22(29)16-27(35(3,33)34)20-7-6-8-21(14-20)28(31)32/h6-12,14,17H,4-5,13,15-16H2,1-3H3,(H,25,30). The summed E-state index contributed by atoms with van der Waals surface area (Å²) in [5.41, 5.74) is 0.351. The smallest absolute Gasteiger partial charge is 0.271 e. The molecule has 0 aliphatic rings. The highest BCUT2D eigenvalue weighted by Crippen LogP contribution is 2.24. The number of hydrogen-bond acceptors (Lipinski definition) is 6. The van der Waals surface area contributed by atoms with Crippen molar-refractivity contribution >= 4 is 44.8 Å². The van der Waals surface area contributed by atoms with Gasteiger partial charge in [0, 0.05) is 30.2 Å². The van der Waals surface area contributed by atoms with Crippen LogP contribution in [0, 0.1) is 10.1 Å². The zero-order valence-electron chi connectivity index (χ0n) is 19.8. The lowest BCUT2D eigenvalue weighted by atomic mass is 10.1. The molecule has 0 spiro atoms. The maximum Gasteiger partial charge on any atom is 0.271 e. The number of benzene rings is 2. The summed E-state index contributed by atoms with van der Waals surface area (Å²) in [5.74, 6) is -1.02. The Kier molecular flexibility index (Phi) is 10.0. The molecule has 1 atom stereocenters. The van der Waals surface area contributed by atoms with Gasteiger partial charge in [-0.2, -0.15) is 0 Å². The fourth-order valence-electron chi connectivity index (χ4n) is 3.28. The van der Waals surface area contributed by atoms with Gasteiger partial charge in [-0.3, -0.25) is 24.0 Å². The largest absolute Gasteiger partial charge is 0.354 e. The number of sulfonamides is 1. The van der Waals surface area contributed by atoms with E-state index in [4.69, 9.17) is 11.6 Å². The van der Waals surface area contributed by atoms with Crippen LogP contribution < -0.4 is 9.62 Å². The Balaban J connectivity index is 2.38. The summed E-state index contributed by atoms with van der Waals surface area (Å²) >= 11 is 5.95. The zero-order chi connectivity index (χ0) is 26.2. The molecular weight excluding hydrogens is 496 g/mol. The van der Waals surface area contributed by atoms with E-state index in [1.807, 2.05) is 6.92 Å². The van der Waals surface area contributed by atoms with Crippen LogP contribution >= 0.6 is 11.6 Å². The average molecular weight is 525 g/mol. The van der Waals surface area contributed by atoms with E-state index in [0.29, 0.717) is 17.1 Å². The van der Waals surface area contributed by atoms with Gasteiger partial charge in [-0.1, -0.05) is 43.1 Å². The van der Waals surface area contributed by atoms with Crippen molar-refractivity contribution in [2.24, 2.45) is 0 Å². The van der Waals surface area contributed by atoms with Crippen LogP contribution in [0.2, 0.25) is 5.02 Å². The first-order valence-corrected chi connectivity index (χ1v) is 13.2. The Bertz CT molecular complexity index is 1160. The van der Waals surface area contributed by atoms with Gasteiger partial charge >= 0.3 is 0 Å². The van der Waals surface area contributed by atoms with Crippen LogP contribution in [-0.4, -0.2) is 55.4 Å². The van der Waals surface area contributed by atoms with Gasteiger partial charge in [-0.05, 0) is 37.1 Å². The Morgan fingerprint density at radius 1 is 1.17 bits per heavy atom. The van der Waals surface area contributed by atoms with Crippen molar-refractivity contribution in [3.05, 3.63) is 69.2 Å². The van der Waals surface area contributed by atoms with E-state index in [2.05, 4.69) is 5.32 Å². The van der Waals surface area contributed by atoms with Crippen molar-refractivity contribution < 1.29 is 22.9 Å². The van der Waals surface area contributed by atoms with Gasteiger partial charge < -0.3 is 10.2 Å². The molecule has 0 aliphatic carbocycles. The molecule has 0 bridgehead atoms. The molecule has 0 aliphatic heterocycles. The number of amides is 2. The number of nitrogens with one attached hydrogen (secondary N) is 1. The summed E-state index contributed by atoms with van der Waals surface area (Å²) in [6.07, 6.45) is 2.57. The van der Waals surface area contributed by atoms with Gasteiger partial charge in [0.05, 0.1) is 16.9 Å². The van der Waals surface area contributed by atoms with E-state index in [-0.39, 0.29) is 23.8 Å². The zero-order valence-corrected chi connectivity index (χ0v) is 21.4. The van der Waals surface area contributed by atoms with Gasteiger partial charge in [0.15, 0.2) is 0 Å². The minimum Gasteiger partial charge on any atom is -0.354 e.